The summed E-state index contributed by atoms with van der Waals surface area (Å²) in [6.07, 6.45) is -0.309. The number of carboxylic acids is 1. The van der Waals surface area contributed by atoms with E-state index in [9.17, 15) is 19.5 Å². The van der Waals surface area contributed by atoms with Crippen molar-refractivity contribution in [1.29, 1.82) is 0 Å². The number of likely N-dealkylation sites (tertiary alicyclic amines) is 1. The smallest absolute Gasteiger partial charge is 0.305 e. The molecule has 1 atom stereocenters. The van der Waals surface area contributed by atoms with Gasteiger partial charge in [0.05, 0.1) is 18.0 Å². The topological polar surface area (TPSA) is 94.9 Å². The Hall–Kier alpha value is -3.12. The molecule has 1 saturated heterocycles. The van der Waals surface area contributed by atoms with Crippen LogP contribution >= 0.6 is 11.6 Å². The molecule has 1 aliphatic rings. The fourth-order valence-corrected chi connectivity index (χ4v) is 3.31. The Balaban J connectivity index is 2.14. The van der Waals surface area contributed by atoms with E-state index in [4.69, 9.17) is 16.7 Å². The zero-order valence-electron chi connectivity index (χ0n) is 15.1. The van der Waals surface area contributed by atoms with Gasteiger partial charge in [0.1, 0.15) is 5.76 Å². The van der Waals surface area contributed by atoms with Crippen LogP contribution in [0.4, 0.5) is 0 Å². The van der Waals surface area contributed by atoms with Crippen molar-refractivity contribution in [2.45, 2.75) is 19.4 Å². The third kappa shape index (κ3) is 3.77. The number of amides is 1. The van der Waals surface area contributed by atoms with Gasteiger partial charge in [0, 0.05) is 17.1 Å². The number of nitrogens with zero attached hydrogens (tertiary/aromatic N) is 1. The maximum absolute atomic E-state index is 12.7. The standard InChI is InChI=1S/C21H18ClNO5/c1-12-2-4-13(5-3-12)18-17(19(26)14-6-8-15(22)9-7-14)20(27)21(28)23(18)11-10-16(24)25/h2-9,18,26H,10-11H2,1H3,(H,24,25)/b19-17+/t18-/m0/s1. The van der Waals surface area contributed by atoms with Crippen LogP contribution in [0.15, 0.2) is 54.1 Å². The Labute approximate surface area is 166 Å². The van der Waals surface area contributed by atoms with E-state index in [-0.39, 0.29) is 24.3 Å². The zero-order chi connectivity index (χ0) is 20.4. The van der Waals surface area contributed by atoms with Gasteiger partial charge in [-0.1, -0.05) is 41.4 Å². The predicted octanol–water partition coefficient (Wildman–Crippen LogP) is 3.54. The highest BCUT2D eigenvalue weighted by Gasteiger charge is 2.45. The first-order valence-electron chi connectivity index (χ1n) is 8.62. The van der Waals surface area contributed by atoms with Gasteiger partial charge < -0.3 is 15.1 Å². The lowest BCUT2D eigenvalue weighted by molar-refractivity contribution is -0.142. The van der Waals surface area contributed by atoms with E-state index in [2.05, 4.69) is 0 Å². The van der Waals surface area contributed by atoms with Crippen molar-refractivity contribution >= 4 is 35.0 Å². The van der Waals surface area contributed by atoms with Crippen molar-refractivity contribution in [3.05, 3.63) is 75.8 Å². The molecule has 0 unspecified atom stereocenters. The number of aliphatic carboxylic acids is 1. The fourth-order valence-electron chi connectivity index (χ4n) is 3.19. The van der Waals surface area contributed by atoms with E-state index in [0.717, 1.165) is 5.56 Å². The van der Waals surface area contributed by atoms with Crippen LogP contribution in [0.3, 0.4) is 0 Å². The molecule has 0 bridgehead atoms. The average molecular weight is 400 g/mol. The molecule has 2 aromatic rings. The molecular weight excluding hydrogens is 382 g/mol. The lowest BCUT2D eigenvalue weighted by Gasteiger charge is -2.24. The minimum atomic E-state index is -1.08. The van der Waals surface area contributed by atoms with E-state index < -0.39 is 23.7 Å². The third-order valence-corrected chi connectivity index (χ3v) is 4.87. The van der Waals surface area contributed by atoms with Crippen LogP contribution < -0.4 is 0 Å². The molecule has 2 N–H and O–H groups in total. The van der Waals surface area contributed by atoms with Gasteiger partial charge in [-0.05, 0) is 36.8 Å². The molecule has 0 saturated carbocycles. The molecule has 144 valence electrons. The predicted molar refractivity (Wildman–Crippen MR) is 104 cm³/mol. The Morgan fingerprint density at radius 1 is 1.04 bits per heavy atom. The normalized spacial score (nSPS) is 18.5. The first kappa shape index (κ1) is 19.6. The van der Waals surface area contributed by atoms with Gasteiger partial charge in [0.2, 0.25) is 0 Å². The number of hydrogen-bond acceptors (Lipinski definition) is 4. The van der Waals surface area contributed by atoms with Crippen LogP contribution in [0.1, 0.15) is 29.2 Å². The summed E-state index contributed by atoms with van der Waals surface area (Å²) >= 11 is 5.88. The van der Waals surface area contributed by atoms with Crippen LogP contribution in [0.25, 0.3) is 5.76 Å². The van der Waals surface area contributed by atoms with Crippen molar-refractivity contribution in [2.24, 2.45) is 0 Å². The number of aliphatic hydroxyl groups excluding tert-OH is 1. The number of benzene rings is 2. The van der Waals surface area contributed by atoms with Gasteiger partial charge >= 0.3 is 5.97 Å². The molecule has 1 fully saturated rings. The van der Waals surface area contributed by atoms with Crippen LogP contribution in [0.2, 0.25) is 5.02 Å². The number of carboxylic acid groups (broad SMARTS) is 1. The Morgan fingerprint density at radius 3 is 2.21 bits per heavy atom. The summed E-state index contributed by atoms with van der Waals surface area (Å²) in [5.74, 6) is -3.08. The number of carbonyl (C=O) groups is 3. The number of aryl methyl sites for hydroxylation is 1. The number of aliphatic hydroxyl groups is 1. The molecule has 0 aromatic heterocycles. The summed E-state index contributed by atoms with van der Waals surface area (Å²) in [6.45, 7) is 1.76. The van der Waals surface area contributed by atoms with Crippen molar-refractivity contribution in [3.8, 4) is 0 Å². The van der Waals surface area contributed by atoms with Crippen molar-refractivity contribution < 1.29 is 24.6 Å². The van der Waals surface area contributed by atoms with Crippen LogP contribution in [0, 0.1) is 6.92 Å². The van der Waals surface area contributed by atoms with Crippen LogP contribution in [-0.4, -0.2) is 39.3 Å². The van der Waals surface area contributed by atoms with Crippen molar-refractivity contribution in [2.75, 3.05) is 6.54 Å². The second-order valence-corrected chi connectivity index (χ2v) is 6.99. The third-order valence-electron chi connectivity index (χ3n) is 4.62. The summed E-state index contributed by atoms with van der Waals surface area (Å²) in [7, 11) is 0. The van der Waals surface area contributed by atoms with Gasteiger partial charge in [-0.2, -0.15) is 0 Å². The molecule has 1 amide bonds. The summed E-state index contributed by atoms with van der Waals surface area (Å²) in [5.41, 5.74) is 1.88. The molecule has 2 aromatic carbocycles. The Bertz CT molecular complexity index is 963. The highest BCUT2D eigenvalue weighted by Crippen LogP contribution is 2.39. The van der Waals surface area contributed by atoms with E-state index in [1.807, 2.05) is 19.1 Å². The number of rotatable bonds is 5. The maximum Gasteiger partial charge on any atom is 0.305 e. The van der Waals surface area contributed by atoms with Crippen LogP contribution in [-0.2, 0) is 14.4 Å². The fraction of sp³-hybridized carbons (Fsp3) is 0.190. The van der Waals surface area contributed by atoms with Gasteiger partial charge in [0.25, 0.3) is 11.7 Å². The van der Waals surface area contributed by atoms with Gasteiger partial charge in [-0.3, -0.25) is 14.4 Å². The molecule has 3 rings (SSSR count). The first-order valence-corrected chi connectivity index (χ1v) is 9.00. The molecule has 0 spiro atoms. The van der Waals surface area contributed by atoms with Crippen molar-refractivity contribution in [3.63, 3.8) is 0 Å². The number of halogens is 1. The monoisotopic (exact) mass is 399 g/mol. The number of hydrogen-bond donors (Lipinski definition) is 2. The van der Waals surface area contributed by atoms with Gasteiger partial charge in [0.15, 0.2) is 0 Å². The Kier molecular flexibility index (Phi) is 5.51. The number of ketones is 1. The summed E-state index contributed by atoms with van der Waals surface area (Å²) in [6, 6.07) is 12.5. The summed E-state index contributed by atoms with van der Waals surface area (Å²) in [5, 5.41) is 20.3. The Morgan fingerprint density at radius 2 is 1.64 bits per heavy atom. The molecule has 7 heteroatoms. The molecule has 6 nitrogen and oxygen atoms in total. The first-order chi connectivity index (χ1) is 13.3. The highest BCUT2D eigenvalue weighted by atomic mass is 35.5. The van der Waals surface area contributed by atoms with Gasteiger partial charge in [-0.25, -0.2) is 0 Å². The minimum Gasteiger partial charge on any atom is -0.507 e. The second-order valence-electron chi connectivity index (χ2n) is 6.55. The molecule has 1 heterocycles. The van der Waals surface area contributed by atoms with E-state index >= 15 is 0 Å². The maximum atomic E-state index is 12.7. The zero-order valence-corrected chi connectivity index (χ0v) is 15.8. The molecule has 28 heavy (non-hydrogen) atoms. The minimum absolute atomic E-state index is 0.0680. The largest absolute Gasteiger partial charge is 0.507 e. The molecule has 0 radical (unpaired) electrons. The van der Waals surface area contributed by atoms with Crippen molar-refractivity contribution in [1.82, 2.24) is 4.90 Å². The summed E-state index contributed by atoms with van der Waals surface area (Å²) in [4.78, 5) is 37.5. The van der Waals surface area contributed by atoms with Gasteiger partial charge in [-0.15, -0.1) is 0 Å². The second kappa shape index (κ2) is 7.86. The molecule has 1 aliphatic heterocycles. The summed E-state index contributed by atoms with van der Waals surface area (Å²) < 4.78 is 0. The number of Topliss-reactive ketones (excluding diaryl/α,β-unsaturated/α-hetero) is 1. The molecule has 0 aliphatic carbocycles. The SMILES string of the molecule is Cc1ccc([C@H]2/C(=C(\O)c3ccc(Cl)cc3)C(=O)C(=O)N2CCC(=O)O)cc1. The lowest BCUT2D eigenvalue weighted by atomic mass is 9.94. The van der Waals surface area contributed by atoms with Crippen LogP contribution in [0.5, 0.6) is 0 Å². The quantitative estimate of drug-likeness (QED) is 0.455. The average Bonchev–Trinajstić information content (AvgIpc) is 2.91. The highest BCUT2D eigenvalue weighted by molar-refractivity contribution is 6.46. The van der Waals surface area contributed by atoms with E-state index in [1.54, 1.807) is 36.4 Å². The number of carbonyl (C=O) groups excluding carboxylic acids is 2. The van der Waals surface area contributed by atoms with E-state index in [0.29, 0.717) is 16.1 Å². The van der Waals surface area contributed by atoms with E-state index in [1.165, 1.54) is 4.90 Å². The molecular formula is C21H18ClNO5. The lowest BCUT2D eigenvalue weighted by Crippen LogP contribution is -2.31.